The molecule has 4 nitrogen and oxygen atoms in total. The van der Waals surface area contributed by atoms with E-state index in [1.54, 1.807) is 17.7 Å². The minimum atomic E-state index is 0.837. The standard InChI is InChI=1S/C13H17BrN4S/c1-2-5-15-12-11(14)13(18-9-17-12)16-6-3-10-4-7-19-8-10/h4,7-9H,2-3,5-6H2,1H3,(H2,15,16,17,18). The molecule has 0 unspecified atom stereocenters. The predicted octanol–water partition coefficient (Wildman–Crippen LogP) is 3.78. The first-order chi connectivity index (χ1) is 9.31. The lowest BCUT2D eigenvalue weighted by molar-refractivity contribution is 0.957. The van der Waals surface area contributed by atoms with Gasteiger partial charge in [0.1, 0.15) is 22.4 Å². The van der Waals surface area contributed by atoms with Crippen LogP contribution in [-0.4, -0.2) is 23.1 Å². The molecule has 0 spiro atoms. The second-order valence-electron chi connectivity index (χ2n) is 4.12. The first-order valence-electron chi connectivity index (χ1n) is 6.30. The van der Waals surface area contributed by atoms with Crippen LogP contribution < -0.4 is 10.6 Å². The molecule has 6 heteroatoms. The van der Waals surface area contributed by atoms with Crippen molar-refractivity contribution in [2.24, 2.45) is 0 Å². The molecule has 102 valence electrons. The van der Waals surface area contributed by atoms with E-state index in [9.17, 15) is 0 Å². The summed E-state index contributed by atoms with van der Waals surface area (Å²) >= 11 is 5.27. The Morgan fingerprint density at radius 1 is 1.21 bits per heavy atom. The lowest BCUT2D eigenvalue weighted by Gasteiger charge is -2.11. The number of nitrogens with one attached hydrogen (secondary N) is 2. The molecule has 0 atom stereocenters. The van der Waals surface area contributed by atoms with Crippen molar-refractivity contribution in [3.63, 3.8) is 0 Å². The highest BCUT2D eigenvalue weighted by atomic mass is 79.9. The lowest BCUT2D eigenvalue weighted by atomic mass is 10.2. The van der Waals surface area contributed by atoms with Gasteiger partial charge in [-0.15, -0.1) is 0 Å². The lowest BCUT2D eigenvalue weighted by Crippen LogP contribution is -2.09. The molecule has 0 aliphatic carbocycles. The zero-order valence-electron chi connectivity index (χ0n) is 10.8. The number of nitrogens with zero attached hydrogens (tertiary/aromatic N) is 2. The monoisotopic (exact) mass is 340 g/mol. The molecule has 2 rings (SSSR count). The van der Waals surface area contributed by atoms with Gasteiger partial charge < -0.3 is 10.6 Å². The molecule has 19 heavy (non-hydrogen) atoms. The number of anilines is 2. The molecule has 0 aliphatic rings. The average Bonchev–Trinajstić information content (AvgIpc) is 2.92. The molecule has 0 saturated heterocycles. The van der Waals surface area contributed by atoms with Crippen molar-refractivity contribution >= 4 is 38.9 Å². The van der Waals surface area contributed by atoms with E-state index < -0.39 is 0 Å². The van der Waals surface area contributed by atoms with E-state index in [4.69, 9.17) is 0 Å². The van der Waals surface area contributed by atoms with Gasteiger partial charge >= 0.3 is 0 Å². The highest BCUT2D eigenvalue weighted by Gasteiger charge is 2.07. The van der Waals surface area contributed by atoms with Gasteiger partial charge in [0.25, 0.3) is 0 Å². The van der Waals surface area contributed by atoms with Crippen molar-refractivity contribution in [2.45, 2.75) is 19.8 Å². The molecule has 0 aromatic carbocycles. The number of thiophene rings is 1. The molecule has 0 fully saturated rings. The molecule has 2 aromatic heterocycles. The van der Waals surface area contributed by atoms with E-state index in [0.29, 0.717) is 0 Å². The second kappa shape index (κ2) is 7.45. The predicted molar refractivity (Wildman–Crippen MR) is 85.0 cm³/mol. The van der Waals surface area contributed by atoms with Crippen molar-refractivity contribution in [3.05, 3.63) is 33.2 Å². The third-order valence-electron chi connectivity index (χ3n) is 2.62. The third-order valence-corrected chi connectivity index (χ3v) is 4.10. The van der Waals surface area contributed by atoms with Crippen LogP contribution in [0.1, 0.15) is 18.9 Å². The van der Waals surface area contributed by atoms with Crippen molar-refractivity contribution in [3.8, 4) is 0 Å². The summed E-state index contributed by atoms with van der Waals surface area (Å²) < 4.78 is 0.897. The fourth-order valence-corrected chi connectivity index (χ4v) is 2.81. The third kappa shape index (κ3) is 4.18. The Labute approximate surface area is 125 Å². The van der Waals surface area contributed by atoms with Crippen LogP contribution >= 0.6 is 27.3 Å². The Morgan fingerprint density at radius 3 is 2.58 bits per heavy atom. The summed E-state index contributed by atoms with van der Waals surface area (Å²) in [4.78, 5) is 8.49. The molecular weight excluding hydrogens is 324 g/mol. The van der Waals surface area contributed by atoms with Crippen LogP contribution in [0, 0.1) is 0 Å². The summed E-state index contributed by atoms with van der Waals surface area (Å²) in [6.45, 7) is 3.89. The van der Waals surface area contributed by atoms with E-state index in [1.807, 2.05) is 0 Å². The molecule has 2 heterocycles. The minimum absolute atomic E-state index is 0.837. The number of halogens is 1. The van der Waals surface area contributed by atoms with E-state index in [1.165, 1.54) is 5.56 Å². The van der Waals surface area contributed by atoms with E-state index in [0.717, 1.165) is 42.0 Å². The summed E-state index contributed by atoms with van der Waals surface area (Å²) in [5.74, 6) is 1.68. The first kappa shape index (κ1) is 14.3. The number of aromatic nitrogens is 2. The summed E-state index contributed by atoms with van der Waals surface area (Å²) in [7, 11) is 0. The van der Waals surface area contributed by atoms with Crippen LogP contribution in [0.25, 0.3) is 0 Å². The van der Waals surface area contributed by atoms with Crippen LogP contribution in [0.3, 0.4) is 0 Å². The van der Waals surface area contributed by atoms with Crippen LogP contribution in [0.15, 0.2) is 27.6 Å². The van der Waals surface area contributed by atoms with Crippen molar-refractivity contribution in [1.82, 2.24) is 9.97 Å². The Hall–Kier alpha value is -1.14. The normalized spacial score (nSPS) is 10.4. The molecule has 2 N–H and O–H groups in total. The Bertz CT molecular complexity index is 501. The largest absolute Gasteiger partial charge is 0.369 e. The minimum Gasteiger partial charge on any atom is -0.369 e. The first-order valence-corrected chi connectivity index (χ1v) is 8.04. The molecule has 0 radical (unpaired) electrons. The molecule has 2 aromatic rings. The summed E-state index contributed by atoms with van der Waals surface area (Å²) in [5, 5.41) is 10.9. The summed E-state index contributed by atoms with van der Waals surface area (Å²) in [6, 6.07) is 2.15. The quantitative estimate of drug-likeness (QED) is 0.805. The van der Waals surface area contributed by atoms with Crippen LogP contribution in [-0.2, 0) is 6.42 Å². The fraction of sp³-hybridized carbons (Fsp3) is 0.385. The van der Waals surface area contributed by atoms with Gasteiger partial charge in [0, 0.05) is 13.1 Å². The van der Waals surface area contributed by atoms with Crippen molar-refractivity contribution in [1.29, 1.82) is 0 Å². The van der Waals surface area contributed by atoms with Crippen molar-refractivity contribution in [2.75, 3.05) is 23.7 Å². The van der Waals surface area contributed by atoms with Crippen LogP contribution in [0.5, 0.6) is 0 Å². The Morgan fingerprint density at radius 2 is 1.95 bits per heavy atom. The number of rotatable bonds is 7. The van der Waals surface area contributed by atoms with Gasteiger partial charge in [0.05, 0.1) is 0 Å². The van der Waals surface area contributed by atoms with Gasteiger partial charge in [-0.1, -0.05) is 6.92 Å². The average molecular weight is 341 g/mol. The summed E-state index contributed by atoms with van der Waals surface area (Å²) in [5.41, 5.74) is 1.35. The zero-order valence-corrected chi connectivity index (χ0v) is 13.2. The fourth-order valence-electron chi connectivity index (χ4n) is 1.62. The SMILES string of the molecule is CCCNc1ncnc(NCCc2ccsc2)c1Br. The topological polar surface area (TPSA) is 49.8 Å². The van der Waals surface area contributed by atoms with Gasteiger partial charge in [0.2, 0.25) is 0 Å². The van der Waals surface area contributed by atoms with Gasteiger partial charge in [0.15, 0.2) is 0 Å². The highest BCUT2D eigenvalue weighted by molar-refractivity contribution is 9.10. The van der Waals surface area contributed by atoms with Crippen LogP contribution in [0.2, 0.25) is 0 Å². The van der Waals surface area contributed by atoms with E-state index in [-0.39, 0.29) is 0 Å². The van der Waals surface area contributed by atoms with Gasteiger partial charge in [-0.3, -0.25) is 0 Å². The van der Waals surface area contributed by atoms with Crippen LogP contribution in [0.4, 0.5) is 11.6 Å². The molecule has 0 aliphatic heterocycles. The van der Waals surface area contributed by atoms with Crippen molar-refractivity contribution < 1.29 is 0 Å². The molecule has 0 amide bonds. The van der Waals surface area contributed by atoms with Gasteiger partial charge in [-0.25, -0.2) is 9.97 Å². The number of hydrogen-bond acceptors (Lipinski definition) is 5. The summed E-state index contributed by atoms with van der Waals surface area (Å²) in [6.07, 6.45) is 3.64. The van der Waals surface area contributed by atoms with Gasteiger partial charge in [-0.05, 0) is 51.2 Å². The molecule has 0 bridgehead atoms. The highest BCUT2D eigenvalue weighted by Crippen LogP contribution is 2.26. The smallest absolute Gasteiger partial charge is 0.145 e. The van der Waals surface area contributed by atoms with Gasteiger partial charge in [-0.2, -0.15) is 11.3 Å². The molecule has 0 saturated carbocycles. The second-order valence-corrected chi connectivity index (χ2v) is 5.69. The maximum atomic E-state index is 4.26. The Kier molecular flexibility index (Phi) is 5.60. The Balaban J connectivity index is 1.92. The zero-order chi connectivity index (χ0) is 13.5. The molecular formula is C13H17BrN4S. The maximum absolute atomic E-state index is 4.26. The van der Waals surface area contributed by atoms with E-state index in [2.05, 4.69) is 60.3 Å². The maximum Gasteiger partial charge on any atom is 0.145 e. The van der Waals surface area contributed by atoms with E-state index >= 15 is 0 Å². The number of hydrogen-bond donors (Lipinski definition) is 2.